The molecular weight excluding hydrogens is 230 g/mol. The molecule has 0 atom stereocenters. The first-order valence-corrected chi connectivity index (χ1v) is 7.39. The summed E-state index contributed by atoms with van der Waals surface area (Å²) in [4.78, 5) is 0. The molecule has 0 rings (SSSR count). The van der Waals surface area contributed by atoms with Crippen molar-refractivity contribution in [2.75, 3.05) is 0 Å². The van der Waals surface area contributed by atoms with Crippen LogP contribution in [0.4, 0.5) is 0 Å². The van der Waals surface area contributed by atoms with Crippen LogP contribution in [0.1, 0.15) is 60.3 Å². The largest absolute Gasteiger partial charge is 0.383 e. The first-order chi connectivity index (χ1) is 8.92. The van der Waals surface area contributed by atoms with E-state index >= 15 is 0 Å². The summed E-state index contributed by atoms with van der Waals surface area (Å²) in [6.07, 6.45) is 9.07. The lowest BCUT2D eigenvalue weighted by Crippen LogP contribution is -2.28. The standard InChI is InChI=1S/C18H31N/c1-8-10-18(11-9-2)19-17(7)16(6)13-12-15(5)14(3)4/h12-13,18-19H,3,7-11H2,1-2,4-6H3/b15-12-,16-13+. The second kappa shape index (κ2) is 9.66. The van der Waals surface area contributed by atoms with Crippen LogP contribution < -0.4 is 5.32 Å². The highest BCUT2D eigenvalue weighted by Gasteiger charge is 2.07. The molecule has 0 spiro atoms. The van der Waals surface area contributed by atoms with Gasteiger partial charge in [-0.25, -0.2) is 0 Å². The van der Waals surface area contributed by atoms with Crippen LogP contribution in [0.15, 0.2) is 47.7 Å². The van der Waals surface area contributed by atoms with Gasteiger partial charge in [-0.05, 0) is 44.8 Å². The average molecular weight is 261 g/mol. The van der Waals surface area contributed by atoms with Crippen molar-refractivity contribution in [1.82, 2.24) is 5.32 Å². The number of nitrogens with one attached hydrogen (secondary N) is 1. The Morgan fingerprint density at radius 1 is 0.947 bits per heavy atom. The van der Waals surface area contributed by atoms with E-state index in [1.54, 1.807) is 0 Å². The molecular formula is C18H31N. The van der Waals surface area contributed by atoms with Gasteiger partial charge in [0.15, 0.2) is 0 Å². The van der Waals surface area contributed by atoms with E-state index in [1.807, 2.05) is 6.92 Å². The first-order valence-electron chi connectivity index (χ1n) is 7.39. The molecule has 0 aliphatic heterocycles. The maximum atomic E-state index is 4.15. The van der Waals surface area contributed by atoms with Crippen LogP contribution in [0.25, 0.3) is 0 Å². The molecule has 0 unspecified atom stereocenters. The molecule has 0 amide bonds. The van der Waals surface area contributed by atoms with Crippen molar-refractivity contribution in [3.05, 3.63) is 47.7 Å². The van der Waals surface area contributed by atoms with Crippen LogP contribution in [0.5, 0.6) is 0 Å². The molecule has 0 aromatic rings. The Bertz CT molecular complexity index is 352. The number of hydrogen-bond donors (Lipinski definition) is 1. The lowest BCUT2D eigenvalue weighted by molar-refractivity contribution is 0.484. The molecule has 1 nitrogen and oxygen atoms in total. The smallest absolute Gasteiger partial charge is 0.0298 e. The fourth-order valence-corrected chi connectivity index (χ4v) is 1.84. The average Bonchev–Trinajstić information content (AvgIpc) is 2.35. The number of allylic oxidation sites excluding steroid dienone is 5. The molecule has 1 heteroatoms. The van der Waals surface area contributed by atoms with Gasteiger partial charge in [-0.1, -0.05) is 57.6 Å². The molecule has 0 aromatic heterocycles. The van der Waals surface area contributed by atoms with E-state index in [-0.39, 0.29) is 0 Å². The van der Waals surface area contributed by atoms with Crippen LogP contribution in [-0.4, -0.2) is 6.04 Å². The zero-order chi connectivity index (χ0) is 14.8. The second-order valence-corrected chi connectivity index (χ2v) is 5.38. The van der Waals surface area contributed by atoms with Gasteiger partial charge in [0.05, 0.1) is 0 Å². The van der Waals surface area contributed by atoms with E-state index in [1.165, 1.54) is 36.8 Å². The topological polar surface area (TPSA) is 12.0 Å². The summed E-state index contributed by atoms with van der Waals surface area (Å²) in [6.45, 7) is 18.8. The van der Waals surface area contributed by atoms with Crippen molar-refractivity contribution in [2.24, 2.45) is 0 Å². The van der Waals surface area contributed by atoms with E-state index in [2.05, 4.69) is 58.3 Å². The van der Waals surface area contributed by atoms with E-state index in [9.17, 15) is 0 Å². The monoisotopic (exact) mass is 261 g/mol. The lowest BCUT2D eigenvalue weighted by Gasteiger charge is -2.20. The third-order valence-corrected chi connectivity index (χ3v) is 3.39. The van der Waals surface area contributed by atoms with Crippen molar-refractivity contribution in [1.29, 1.82) is 0 Å². The Labute approximate surface area is 120 Å². The molecule has 0 heterocycles. The summed E-state index contributed by atoms with van der Waals surface area (Å²) in [5.74, 6) is 0. The second-order valence-electron chi connectivity index (χ2n) is 5.38. The third-order valence-electron chi connectivity index (χ3n) is 3.39. The van der Waals surface area contributed by atoms with Gasteiger partial charge in [0.1, 0.15) is 0 Å². The first kappa shape index (κ1) is 17.8. The zero-order valence-corrected chi connectivity index (χ0v) is 13.5. The molecule has 0 bridgehead atoms. The Kier molecular flexibility index (Phi) is 9.03. The highest BCUT2D eigenvalue weighted by atomic mass is 14.9. The van der Waals surface area contributed by atoms with Crippen LogP contribution in [0, 0.1) is 0 Å². The van der Waals surface area contributed by atoms with Crippen molar-refractivity contribution in [3.8, 4) is 0 Å². The molecule has 0 aromatic carbocycles. The Hall–Kier alpha value is -1.24. The van der Waals surface area contributed by atoms with Gasteiger partial charge in [-0.2, -0.15) is 0 Å². The summed E-state index contributed by atoms with van der Waals surface area (Å²) in [7, 11) is 0. The van der Waals surface area contributed by atoms with E-state index in [0.717, 1.165) is 11.3 Å². The molecule has 0 aliphatic carbocycles. The Morgan fingerprint density at radius 2 is 1.42 bits per heavy atom. The highest BCUT2D eigenvalue weighted by molar-refractivity contribution is 5.34. The van der Waals surface area contributed by atoms with Gasteiger partial charge < -0.3 is 5.32 Å². The van der Waals surface area contributed by atoms with Crippen LogP contribution in [-0.2, 0) is 0 Å². The van der Waals surface area contributed by atoms with Crippen LogP contribution in [0.3, 0.4) is 0 Å². The fraction of sp³-hybridized carbons (Fsp3) is 0.556. The van der Waals surface area contributed by atoms with E-state index < -0.39 is 0 Å². The quantitative estimate of drug-likeness (QED) is 0.538. The molecule has 1 N–H and O–H groups in total. The van der Waals surface area contributed by atoms with Gasteiger partial charge in [-0.15, -0.1) is 0 Å². The Morgan fingerprint density at radius 3 is 1.84 bits per heavy atom. The lowest BCUT2D eigenvalue weighted by atomic mass is 10.0. The minimum atomic E-state index is 0.553. The third kappa shape index (κ3) is 7.71. The predicted octanol–water partition coefficient (Wildman–Crippen LogP) is 5.53. The minimum absolute atomic E-state index is 0.553. The molecule has 0 fully saturated rings. The summed E-state index contributed by atoms with van der Waals surface area (Å²) >= 11 is 0. The van der Waals surface area contributed by atoms with E-state index in [4.69, 9.17) is 0 Å². The summed E-state index contributed by atoms with van der Waals surface area (Å²) in [6, 6.07) is 0.553. The van der Waals surface area contributed by atoms with Gasteiger partial charge in [0.2, 0.25) is 0 Å². The van der Waals surface area contributed by atoms with Crippen molar-refractivity contribution in [2.45, 2.75) is 66.3 Å². The minimum Gasteiger partial charge on any atom is -0.383 e. The Balaban J connectivity index is 4.59. The predicted molar refractivity (Wildman–Crippen MR) is 88.2 cm³/mol. The SMILES string of the molecule is C=C(C)/C(C)=C\C=C(/C)C(=C)NC(CCC)CCC. The number of rotatable bonds is 9. The van der Waals surface area contributed by atoms with Gasteiger partial charge in [-0.3, -0.25) is 0 Å². The maximum Gasteiger partial charge on any atom is 0.0298 e. The maximum absolute atomic E-state index is 4.15. The van der Waals surface area contributed by atoms with Crippen molar-refractivity contribution < 1.29 is 0 Å². The van der Waals surface area contributed by atoms with Crippen LogP contribution >= 0.6 is 0 Å². The van der Waals surface area contributed by atoms with Crippen molar-refractivity contribution >= 4 is 0 Å². The normalized spacial score (nSPS) is 12.7. The number of hydrogen-bond acceptors (Lipinski definition) is 1. The molecule has 0 aliphatic rings. The molecule has 0 saturated heterocycles. The molecule has 19 heavy (non-hydrogen) atoms. The zero-order valence-electron chi connectivity index (χ0n) is 13.5. The van der Waals surface area contributed by atoms with Crippen molar-refractivity contribution in [3.63, 3.8) is 0 Å². The molecule has 108 valence electrons. The highest BCUT2D eigenvalue weighted by Crippen LogP contribution is 2.12. The van der Waals surface area contributed by atoms with Crippen LogP contribution in [0.2, 0.25) is 0 Å². The van der Waals surface area contributed by atoms with Gasteiger partial charge in [0, 0.05) is 11.7 Å². The molecule has 0 saturated carbocycles. The summed E-state index contributed by atoms with van der Waals surface area (Å²) in [5.41, 5.74) is 4.55. The molecule has 0 radical (unpaired) electrons. The van der Waals surface area contributed by atoms with Gasteiger partial charge in [0.25, 0.3) is 0 Å². The summed E-state index contributed by atoms with van der Waals surface area (Å²) < 4.78 is 0. The van der Waals surface area contributed by atoms with Gasteiger partial charge >= 0.3 is 0 Å². The van der Waals surface area contributed by atoms with E-state index in [0.29, 0.717) is 6.04 Å². The summed E-state index contributed by atoms with van der Waals surface area (Å²) in [5, 5.41) is 3.56. The fourth-order valence-electron chi connectivity index (χ4n) is 1.84.